The second-order valence-electron chi connectivity index (χ2n) is 8.97. The number of aromatic nitrogens is 2. The summed E-state index contributed by atoms with van der Waals surface area (Å²) in [5.41, 5.74) is 1.21. The van der Waals surface area contributed by atoms with Gasteiger partial charge in [-0.25, -0.2) is 17.7 Å². The van der Waals surface area contributed by atoms with Crippen LogP contribution in [0.4, 0.5) is 17.5 Å². The van der Waals surface area contributed by atoms with E-state index in [0.717, 1.165) is 0 Å². The second kappa shape index (κ2) is 11.0. The molecule has 0 spiro atoms. The molecule has 2 aliphatic heterocycles. The summed E-state index contributed by atoms with van der Waals surface area (Å²) in [6.07, 6.45) is 3.90. The first kappa shape index (κ1) is 26.1. The molecule has 0 unspecified atom stereocenters. The van der Waals surface area contributed by atoms with Gasteiger partial charge < -0.3 is 20.4 Å². The van der Waals surface area contributed by atoms with Crippen LogP contribution >= 0.6 is 11.6 Å². The van der Waals surface area contributed by atoms with Crippen LogP contribution in [0.5, 0.6) is 0 Å². The Morgan fingerprint density at radius 3 is 2.25 bits per heavy atom. The molecular formula is C23H30ClN7O4S. The molecule has 0 radical (unpaired) electrons. The lowest BCUT2D eigenvalue weighted by molar-refractivity contribution is -0.129. The highest BCUT2D eigenvalue weighted by Crippen LogP contribution is 2.25. The molecule has 13 heteroatoms. The number of carbonyl (C=O) groups excluding carboxylic acids is 2. The van der Waals surface area contributed by atoms with Gasteiger partial charge in [0.2, 0.25) is 21.9 Å². The molecule has 194 valence electrons. The molecule has 1 aromatic carbocycles. The van der Waals surface area contributed by atoms with Gasteiger partial charge in [0.15, 0.2) is 5.82 Å². The number of nitrogens with zero attached hydrogens (tertiary/aromatic N) is 5. The Morgan fingerprint density at radius 2 is 1.67 bits per heavy atom. The Labute approximate surface area is 215 Å². The number of piperidine rings is 1. The highest BCUT2D eigenvalue weighted by atomic mass is 35.5. The van der Waals surface area contributed by atoms with Gasteiger partial charge >= 0.3 is 0 Å². The van der Waals surface area contributed by atoms with Crippen molar-refractivity contribution in [3.63, 3.8) is 0 Å². The van der Waals surface area contributed by atoms with Crippen LogP contribution < -0.4 is 15.5 Å². The fraction of sp³-hybridized carbons (Fsp3) is 0.478. The fourth-order valence-corrected chi connectivity index (χ4v) is 5.27. The predicted octanol–water partition coefficient (Wildman–Crippen LogP) is 1.70. The fourth-order valence-electron chi connectivity index (χ4n) is 4.26. The van der Waals surface area contributed by atoms with Crippen molar-refractivity contribution in [1.82, 2.24) is 24.5 Å². The molecule has 2 fully saturated rings. The van der Waals surface area contributed by atoms with E-state index >= 15 is 0 Å². The number of nitrogens with one attached hydrogen (secondary N) is 2. The minimum Gasteiger partial charge on any atom is -0.349 e. The first-order chi connectivity index (χ1) is 17.1. The molecular weight excluding hydrogens is 506 g/mol. The quantitative estimate of drug-likeness (QED) is 0.572. The highest BCUT2D eigenvalue weighted by molar-refractivity contribution is 7.88. The SMILES string of the molecule is CC(=O)N1CCN(c2ncc(Cl)c(Nc3ccc(C(=O)NC4CCN(S(C)(=O)=O)CC4)cc3)n2)CC1. The zero-order valence-corrected chi connectivity index (χ0v) is 21.8. The van der Waals surface area contributed by atoms with Crippen molar-refractivity contribution >= 4 is 50.9 Å². The monoisotopic (exact) mass is 535 g/mol. The second-order valence-corrected chi connectivity index (χ2v) is 11.4. The number of piperazine rings is 1. The minimum atomic E-state index is -3.20. The number of rotatable bonds is 6. The minimum absolute atomic E-state index is 0.0588. The number of hydrogen-bond donors (Lipinski definition) is 2. The lowest BCUT2D eigenvalue weighted by Gasteiger charge is -2.34. The standard InChI is InChI=1S/C23H30ClN7O4S/c1-16(32)29-11-13-30(14-12-29)23-25-15-20(24)21(28-23)26-18-5-3-17(4-6-18)22(33)27-19-7-9-31(10-8-19)36(2,34)35/h3-6,15,19H,7-14H2,1-2H3,(H,27,33)(H,25,26,28). The van der Waals surface area contributed by atoms with Gasteiger partial charge in [-0.15, -0.1) is 0 Å². The Morgan fingerprint density at radius 1 is 1.03 bits per heavy atom. The smallest absolute Gasteiger partial charge is 0.251 e. The van der Waals surface area contributed by atoms with E-state index in [-0.39, 0.29) is 17.9 Å². The molecule has 0 aliphatic carbocycles. The molecule has 2 N–H and O–H groups in total. The molecule has 2 aromatic rings. The molecule has 36 heavy (non-hydrogen) atoms. The van der Waals surface area contributed by atoms with E-state index in [1.54, 1.807) is 42.3 Å². The molecule has 0 atom stereocenters. The van der Waals surface area contributed by atoms with Crippen molar-refractivity contribution in [3.05, 3.63) is 41.0 Å². The maximum atomic E-state index is 12.7. The van der Waals surface area contributed by atoms with Crippen LogP contribution in [0.15, 0.2) is 30.5 Å². The van der Waals surface area contributed by atoms with Gasteiger partial charge in [0.25, 0.3) is 5.91 Å². The molecule has 4 rings (SSSR count). The van der Waals surface area contributed by atoms with E-state index in [1.807, 2.05) is 4.90 Å². The van der Waals surface area contributed by atoms with E-state index < -0.39 is 10.0 Å². The number of carbonyl (C=O) groups is 2. The van der Waals surface area contributed by atoms with Crippen molar-refractivity contribution in [3.8, 4) is 0 Å². The number of hydrogen-bond acceptors (Lipinski definition) is 8. The zero-order valence-electron chi connectivity index (χ0n) is 20.3. The molecule has 0 saturated carbocycles. The Balaban J connectivity index is 1.34. The largest absolute Gasteiger partial charge is 0.349 e. The Kier molecular flexibility index (Phi) is 7.96. The third-order valence-corrected chi connectivity index (χ3v) is 7.99. The maximum absolute atomic E-state index is 12.7. The third-order valence-electron chi connectivity index (χ3n) is 6.41. The number of benzene rings is 1. The summed E-state index contributed by atoms with van der Waals surface area (Å²) in [6, 6.07) is 6.89. The van der Waals surface area contributed by atoms with Crippen molar-refractivity contribution in [2.45, 2.75) is 25.8 Å². The lowest BCUT2D eigenvalue weighted by atomic mass is 10.1. The van der Waals surface area contributed by atoms with Gasteiger partial charge in [-0.1, -0.05) is 11.6 Å². The Bertz CT molecular complexity index is 1210. The van der Waals surface area contributed by atoms with Gasteiger partial charge in [-0.3, -0.25) is 9.59 Å². The summed E-state index contributed by atoms with van der Waals surface area (Å²) in [5, 5.41) is 6.53. The van der Waals surface area contributed by atoms with Crippen molar-refractivity contribution in [2.75, 3.05) is 55.7 Å². The number of amides is 2. The predicted molar refractivity (Wildman–Crippen MR) is 138 cm³/mol. The van der Waals surface area contributed by atoms with E-state index in [2.05, 4.69) is 20.6 Å². The average molecular weight is 536 g/mol. The van der Waals surface area contributed by atoms with Gasteiger partial charge in [0.05, 0.1) is 12.5 Å². The van der Waals surface area contributed by atoms with Crippen LogP contribution in [0, 0.1) is 0 Å². The summed E-state index contributed by atoms with van der Waals surface area (Å²) < 4.78 is 24.7. The van der Waals surface area contributed by atoms with Crippen molar-refractivity contribution in [1.29, 1.82) is 0 Å². The molecule has 0 bridgehead atoms. The number of halogens is 1. The number of sulfonamides is 1. The van der Waals surface area contributed by atoms with Crippen LogP contribution in [0.25, 0.3) is 0 Å². The highest BCUT2D eigenvalue weighted by Gasteiger charge is 2.26. The van der Waals surface area contributed by atoms with E-state index in [9.17, 15) is 18.0 Å². The molecule has 2 saturated heterocycles. The molecule has 2 aliphatic rings. The zero-order chi connectivity index (χ0) is 25.9. The first-order valence-corrected chi connectivity index (χ1v) is 14.0. The molecule has 1 aromatic heterocycles. The normalized spacial score (nSPS) is 17.6. The van der Waals surface area contributed by atoms with Crippen LogP contribution in [-0.4, -0.2) is 91.0 Å². The topological polar surface area (TPSA) is 128 Å². The van der Waals surface area contributed by atoms with Crippen LogP contribution in [0.3, 0.4) is 0 Å². The van der Waals surface area contributed by atoms with Gasteiger partial charge in [-0.2, -0.15) is 4.98 Å². The summed E-state index contributed by atoms with van der Waals surface area (Å²) in [5.74, 6) is 0.837. The van der Waals surface area contributed by atoms with Crippen LogP contribution in [0.1, 0.15) is 30.1 Å². The van der Waals surface area contributed by atoms with Gasteiger partial charge in [-0.05, 0) is 37.1 Å². The van der Waals surface area contributed by atoms with Gasteiger partial charge in [0, 0.05) is 63.5 Å². The van der Waals surface area contributed by atoms with Crippen molar-refractivity contribution in [2.24, 2.45) is 0 Å². The number of anilines is 3. The van der Waals surface area contributed by atoms with Crippen LogP contribution in [-0.2, 0) is 14.8 Å². The average Bonchev–Trinajstić information content (AvgIpc) is 2.85. The van der Waals surface area contributed by atoms with Crippen LogP contribution in [0.2, 0.25) is 5.02 Å². The van der Waals surface area contributed by atoms with E-state index in [0.29, 0.717) is 80.1 Å². The summed E-state index contributed by atoms with van der Waals surface area (Å²) in [6.45, 7) is 4.88. The third kappa shape index (κ3) is 6.42. The summed E-state index contributed by atoms with van der Waals surface area (Å²) in [7, 11) is -3.20. The van der Waals surface area contributed by atoms with Crippen molar-refractivity contribution < 1.29 is 18.0 Å². The Hall–Kier alpha value is -2.96. The van der Waals surface area contributed by atoms with E-state index in [1.165, 1.54) is 10.6 Å². The molecule has 3 heterocycles. The summed E-state index contributed by atoms with van der Waals surface area (Å²) in [4.78, 5) is 36.9. The molecule has 11 nitrogen and oxygen atoms in total. The van der Waals surface area contributed by atoms with Gasteiger partial charge in [0.1, 0.15) is 5.02 Å². The molecule has 2 amide bonds. The van der Waals surface area contributed by atoms with E-state index in [4.69, 9.17) is 11.6 Å². The first-order valence-electron chi connectivity index (χ1n) is 11.8. The summed E-state index contributed by atoms with van der Waals surface area (Å²) >= 11 is 6.31. The maximum Gasteiger partial charge on any atom is 0.251 e. The lowest BCUT2D eigenvalue weighted by Crippen LogP contribution is -2.48.